The predicted octanol–water partition coefficient (Wildman–Crippen LogP) is 5.83. The van der Waals surface area contributed by atoms with Gasteiger partial charge in [0.2, 0.25) is 0 Å². The van der Waals surface area contributed by atoms with Crippen molar-refractivity contribution >= 4 is 38.0 Å². The van der Waals surface area contributed by atoms with Gasteiger partial charge in [-0.2, -0.15) is 0 Å². The number of hydrogen-bond donors (Lipinski definition) is 1. The van der Waals surface area contributed by atoms with Crippen molar-refractivity contribution in [1.29, 1.82) is 0 Å². The molecule has 0 radical (unpaired) electrons. The van der Waals surface area contributed by atoms with E-state index in [2.05, 4.69) is 60.7 Å². The summed E-state index contributed by atoms with van der Waals surface area (Å²) in [6.07, 6.45) is 0. The lowest BCUT2D eigenvalue weighted by molar-refractivity contribution is 1.65. The second kappa shape index (κ2) is 4.47. The van der Waals surface area contributed by atoms with Crippen LogP contribution in [0.1, 0.15) is 0 Å². The van der Waals surface area contributed by atoms with Crippen LogP contribution in [0.15, 0.2) is 78.9 Å². The van der Waals surface area contributed by atoms with Gasteiger partial charge in [0.05, 0.1) is 0 Å². The Kier molecular flexibility index (Phi) is 2.42. The second-order valence-corrected chi connectivity index (χ2v) is 6.09. The highest BCUT2D eigenvalue weighted by Gasteiger charge is 2.11. The van der Waals surface area contributed by atoms with Crippen molar-refractivity contribution < 1.29 is 0 Å². The maximum Gasteiger partial charge on any atom is 0.0320 e. The number of nitrogen functional groups attached to an aromatic ring is 1. The normalized spacial score (nSPS) is 11.7. The summed E-state index contributed by atoms with van der Waals surface area (Å²) in [6.45, 7) is 0. The molecule has 0 heterocycles. The average Bonchev–Trinajstić information content (AvgIpc) is 2.59. The Morgan fingerprint density at radius 3 is 2.00 bits per heavy atom. The Hall–Kier alpha value is -3.06. The highest BCUT2D eigenvalue weighted by atomic mass is 14.5. The fourth-order valence-corrected chi connectivity index (χ4v) is 3.69. The summed E-state index contributed by atoms with van der Waals surface area (Å²) in [5.74, 6) is 0. The van der Waals surface area contributed by atoms with E-state index < -0.39 is 0 Å². The zero-order chi connectivity index (χ0) is 15.4. The minimum atomic E-state index is 0.799. The summed E-state index contributed by atoms with van der Waals surface area (Å²) in [4.78, 5) is 0. The van der Waals surface area contributed by atoms with Crippen LogP contribution in [-0.4, -0.2) is 0 Å². The molecule has 0 aliphatic rings. The maximum absolute atomic E-state index is 5.98. The van der Waals surface area contributed by atoms with E-state index in [4.69, 9.17) is 5.73 Å². The summed E-state index contributed by atoms with van der Waals surface area (Å²) >= 11 is 0. The summed E-state index contributed by atoms with van der Waals surface area (Å²) in [7, 11) is 0. The van der Waals surface area contributed by atoms with Crippen LogP contribution in [0, 0.1) is 0 Å². The third kappa shape index (κ3) is 1.74. The minimum absolute atomic E-state index is 0.799. The standard InChI is InChI=1S/C22H15N/c23-18-6-2-5-17(13-18)19-11-9-16-8-7-14-3-1-4-15-10-12-20(19)22(16)21(14)15/h1-13H,23H2. The predicted molar refractivity (Wildman–Crippen MR) is 100.0 cm³/mol. The van der Waals surface area contributed by atoms with Crippen molar-refractivity contribution in [1.82, 2.24) is 0 Å². The summed E-state index contributed by atoms with van der Waals surface area (Å²) in [5, 5.41) is 7.87. The molecule has 0 saturated carbocycles. The molecule has 0 spiro atoms. The second-order valence-electron chi connectivity index (χ2n) is 6.09. The van der Waals surface area contributed by atoms with E-state index >= 15 is 0 Å². The molecule has 0 atom stereocenters. The van der Waals surface area contributed by atoms with E-state index in [0.717, 1.165) is 5.69 Å². The molecule has 2 N–H and O–H groups in total. The molecule has 0 fully saturated rings. The molecule has 5 aromatic rings. The largest absolute Gasteiger partial charge is 0.399 e. The van der Waals surface area contributed by atoms with Gasteiger partial charge in [0.1, 0.15) is 0 Å². The van der Waals surface area contributed by atoms with Crippen molar-refractivity contribution in [2.24, 2.45) is 0 Å². The van der Waals surface area contributed by atoms with Crippen LogP contribution >= 0.6 is 0 Å². The van der Waals surface area contributed by atoms with Gasteiger partial charge in [-0.15, -0.1) is 0 Å². The highest BCUT2D eigenvalue weighted by molar-refractivity contribution is 6.25. The van der Waals surface area contributed by atoms with E-state index in [-0.39, 0.29) is 0 Å². The van der Waals surface area contributed by atoms with Crippen LogP contribution in [0.25, 0.3) is 43.4 Å². The van der Waals surface area contributed by atoms with Crippen molar-refractivity contribution in [3.8, 4) is 11.1 Å². The Morgan fingerprint density at radius 1 is 0.565 bits per heavy atom. The number of benzene rings is 5. The summed E-state index contributed by atoms with van der Waals surface area (Å²) in [5.41, 5.74) is 9.19. The molecule has 5 aromatic carbocycles. The van der Waals surface area contributed by atoms with Crippen molar-refractivity contribution in [2.75, 3.05) is 5.73 Å². The first kappa shape index (κ1) is 12.5. The lowest BCUT2D eigenvalue weighted by Crippen LogP contribution is -1.88. The summed E-state index contributed by atoms with van der Waals surface area (Å²) < 4.78 is 0. The molecule has 0 amide bonds. The monoisotopic (exact) mass is 293 g/mol. The Balaban J connectivity index is 1.99. The third-order valence-electron chi connectivity index (χ3n) is 4.73. The van der Waals surface area contributed by atoms with Gasteiger partial charge in [0.15, 0.2) is 0 Å². The van der Waals surface area contributed by atoms with Crippen molar-refractivity contribution in [3.63, 3.8) is 0 Å². The zero-order valence-corrected chi connectivity index (χ0v) is 12.6. The van der Waals surface area contributed by atoms with Crippen LogP contribution in [0.2, 0.25) is 0 Å². The van der Waals surface area contributed by atoms with Crippen LogP contribution in [-0.2, 0) is 0 Å². The number of rotatable bonds is 1. The molecule has 108 valence electrons. The fraction of sp³-hybridized carbons (Fsp3) is 0. The van der Waals surface area contributed by atoms with Crippen LogP contribution in [0.4, 0.5) is 5.69 Å². The van der Waals surface area contributed by atoms with E-state index in [1.54, 1.807) is 0 Å². The number of hydrogen-bond acceptors (Lipinski definition) is 1. The van der Waals surface area contributed by atoms with Crippen LogP contribution in [0.3, 0.4) is 0 Å². The first-order chi connectivity index (χ1) is 11.3. The number of nitrogens with two attached hydrogens (primary N) is 1. The molecule has 23 heavy (non-hydrogen) atoms. The van der Waals surface area contributed by atoms with Gasteiger partial charge in [-0.1, -0.05) is 66.7 Å². The van der Waals surface area contributed by atoms with Gasteiger partial charge in [-0.3, -0.25) is 0 Å². The topological polar surface area (TPSA) is 26.0 Å². The van der Waals surface area contributed by atoms with E-state index in [1.165, 1.54) is 43.4 Å². The quantitative estimate of drug-likeness (QED) is 0.305. The SMILES string of the molecule is Nc1cccc(-c2ccc3ccc4cccc5ccc2c3c45)c1. The Labute approximate surface area is 134 Å². The molecule has 0 aliphatic heterocycles. The molecule has 0 bridgehead atoms. The average molecular weight is 293 g/mol. The number of anilines is 1. The van der Waals surface area contributed by atoms with Gasteiger partial charge in [0, 0.05) is 5.69 Å². The molecule has 1 nitrogen and oxygen atoms in total. The van der Waals surface area contributed by atoms with E-state index in [9.17, 15) is 0 Å². The highest BCUT2D eigenvalue weighted by Crippen LogP contribution is 2.39. The van der Waals surface area contributed by atoms with Crippen molar-refractivity contribution in [2.45, 2.75) is 0 Å². The fourth-order valence-electron chi connectivity index (χ4n) is 3.69. The molecule has 0 unspecified atom stereocenters. The smallest absolute Gasteiger partial charge is 0.0320 e. The zero-order valence-electron chi connectivity index (χ0n) is 12.6. The molecule has 1 heteroatoms. The van der Waals surface area contributed by atoms with Crippen LogP contribution in [0.5, 0.6) is 0 Å². The molecule has 5 rings (SSSR count). The first-order valence-corrected chi connectivity index (χ1v) is 7.84. The van der Waals surface area contributed by atoms with Gasteiger partial charge in [-0.05, 0) is 55.6 Å². The van der Waals surface area contributed by atoms with E-state index in [1.807, 2.05) is 18.2 Å². The van der Waals surface area contributed by atoms with Gasteiger partial charge in [0.25, 0.3) is 0 Å². The third-order valence-corrected chi connectivity index (χ3v) is 4.73. The maximum atomic E-state index is 5.98. The van der Waals surface area contributed by atoms with Gasteiger partial charge < -0.3 is 5.73 Å². The van der Waals surface area contributed by atoms with Crippen LogP contribution < -0.4 is 5.73 Å². The molecular formula is C22H15N. The molecule has 0 aromatic heterocycles. The Bertz CT molecular complexity index is 1150. The minimum Gasteiger partial charge on any atom is -0.399 e. The lowest BCUT2D eigenvalue weighted by atomic mass is 9.90. The molecule has 0 aliphatic carbocycles. The van der Waals surface area contributed by atoms with Gasteiger partial charge in [-0.25, -0.2) is 0 Å². The lowest BCUT2D eigenvalue weighted by Gasteiger charge is -2.14. The summed E-state index contributed by atoms with van der Waals surface area (Å²) in [6, 6.07) is 27.9. The van der Waals surface area contributed by atoms with Gasteiger partial charge >= 0.3 is 0 Å². The van der Waals surface area contributed by atoms with Crippen molar-refractivity contribution in [3.05, 3.63) is 78.9 Å². The Morgan fingerprint density at radius 2 is 1.22 bits per heavy atom. The van der Waals surface area contributed by atoms with E-state index in [0.29, 0.717) is 0 Å². The molecule has 0 saturated heterocycles. The molecular weight excluding hydrogens is 278 g/mol. The first-order valence-electron chi connectivity index (χ1n) is 7.84.